The lowest BCUT2D eigenvalue weighted by Crippen LogP contribution is -2.40. The summed E-state index contributed by atoms with van der Waals surface area (Å²) in [4.78, 5) is 34.3. The largest absolute Gasteiger partial charge is 0.497 e. The van der Waals surface area contributed by atoms with Gasteiger partial charge in [0.25, 0.3) is 0 Å². The molecule has 1 aromatic heterocycles. The molecular weight excluding hydrogens is 394 g/mol. The highest BCUT2D eigenvalue weighted by atomic mass is 16.5. The molecule has 3 heterocycles. The van der Waals surface area contributed by atoms with Gasteiger partial charge in [0.05, 0.1) is 31.9 Å². The first-order valence-corrected chi connectivity index (χ1v) is 10.8. The molecule has 0 N–H and O–H groups in total. The molecule has 1 aromatic carbocycles. The molecule has 0 bridgehead atoms. The number of pyridine rings is 1. The Morgan fingerprint density at radius 2 is 1.87 bits per heavy atom. The van der Waals surface area contributed by atoms with Crippen LogP contribution in [0.15, 0.2) is 42.7 Å². The van der Waals surface area contributed by atoms with Crippen LogP contribution < -0.4 is 14.4 Å². The molecule has 0 aliphatic carbocycles. The van der Waals surface area contributed by atoms with Crippen LogP contribution in [0.5, 0.6) is 11.5 Å². The van der Waals surface area contributed by atoms with E-state index in [2.05, 4.69) is 4.98 Å². The summed E-state index contributed by atoms with van der Waals surface area (Å²) in [6.07, 6.45) is 7.89. The van der Waals surface area contributed by atoms with E-state index in [0.717, 1.165) is 37.8 Å². The number of nitrogens with zero attached hydrogens (tertiary/aromatic N) is 3. The van der Waals surface area contributed by atoms with Crippen molar-refractivity contribution in [1.29, 1.82) is 0 Å². The first-order chi connectivity index (χ1) is 15.1. The van der Waals surface area contributed by atoms with Crippen LogP contribution >= 0.6 is 0 Å². The fraction of sp³-hybridized carbons (Fsp3) is 0.458. The Morgan fingerprint density at radius 3 is 2.61 bits per heavy atom. The lowest BCUT2D eigenvalue weighted by atomic mass is 9.99. The Kier molecular flexibility index (Phi) is 6.39. The van der Waals surface area contributed by atoms with Crippen molar-refractivity contribution in [1.82, 2.24) is 9.88 Å². The van der Waals surface area contributed by atoms with Crippen LogP contribution in [0, 0.1) is 5.92 Å². The second-order valence-corrected chi connectivity index (χ2v) is 8.12. The minimum absolute atomic E-state index is 0.0357. The molecule has 0 radical (unpaired) electrons. The number of hydrogen-bond donors (Lipinski definition) is 0. The summed E-state index contributed by atoms with van der Waals surface area (Å²) in [6, 6.07) is 9.38. The van der Waals surface area contributed by atoms with Gasteiger partial charge in [0.1, 0.15) is 11.5 Å². The molecule has 0 saturated carbocycles. The summed E-state index contributed by atoms with van der Waals surface area (Å²) in [7, 11) is 3.16. The van der Waals surface area contributed by atoms with E-state index >= 15 is 0 Å². The maximum atomic E-state index is 13.6. The summed E-state index contributed by atoms with van der Waals surface area (Å²) in [6.45, 7) is 1.07. The average molecular weight is 424 g/mol. The Morgan fingerprint density at radius 1 is 1.06 bits per heavy atom. The van der Waals surface area contributed by atoms with Crippen LogP contribution in [0.4, 0.5) is 5.69 Å². The van der Waals surface area contributed by atoms with Crippen LogP contribution in [0.3, 0.4) is 0 Å². The van der Waals surface area contributed by atoms with Gasteiger partial charge in [-0.05, 0) is 42.7 Å². The van der Waals surface area contributed by atoms with Gasteiger partial charge in [0.2, 0.25) is 11.8 Å². The molecule has 2 amide bonds. The molecule has 2 unspecified atom stereocenters. The number of likely N-dealkylation sites (tertiary alicyclic amines) is 1. The number of ether oxygens (including phenoxy) is 2. The highest BCUT2D eigenvalue weighted by molar-refractivity contribution is 6.01. The molecule has 31 heavy (non-hydrogen) atoms. The Balaban J connectivity index is 1.57. The fourth-order valence-corrected chi connectivity index (χ4v) is 4.65. The molecule has 7 heteroatoms. The van der Waals surface area contributed by atoms with Gasteiger partial charge in [-0.25, -0.2) is 0 Å². The van der Waals surface area contributed by atoms with E-state index in [1.165, 1.54) is 0 Å². The van der Waals surface area contributed by atoms with Crippen molar-refractivity contribution in [2.45, 2.75) is 38.1 Å². The number of benzene rings is 1. The molecule has 2 atom stereocenters. The fourth-order valence-electron chi connectivity index (χ4n) is 4.65. The highest BCUT2D eigenvalue weighted by Gasteiger charge is 2.40. The summed E-state index contributed by atoms with van der Waals surface area (Å²) < 4.78 is 10.8. The molecule has 4 rings (SSSR count). The number of amides is 2. The molecule has 2 aromatic rings. The van der Waals surface area contributed by atoms with Crippen molar-refractivity contribution >= 4 is 17.5 Å². The topological polar surface area (TPSA) is 72.0 Å². The van der Waals surface area contributed by atoms with Gasteiger partial charge in [-0.1, -0.05) is 12.8 Å². The molecule has 164 valence electrons. The van der Waals surface area contributed by atoms with Crippen LogP contribution in [0.25, 0.3) is 0 Å². The quantitative estimate of drug-likeness (QED) is 0.735. The van der Waals surface area contributed by atoms with E-state index in [1.54, 1.807) is 49.7 Å². The van der Waals surface area contributed by atoms with Gasteiger partial charge >= 0.3 is 0 Å². The van der Waals surface area contributed by atoms with Gasteiger partial charge in [-0.3, -0.25) is 14.6 Å². The maximum Gasteiger partial charge on any atom is 0.228 e. The highest BCUT2D eigenvalue weighted by Crippen LogP contribution is 2.38. The van der Waals surface area contributed by atoms with Crippen LogP contribution in [-0.4, -0.2) is 49.0 Å². The average Bonchev–Trinajstić information content (AvgIpc) is 3.03. The van der Waals surface area contributed by atoms with E-state index in [1.807, 2.05) is 17.0 Å². The summed E-state index contributed by atoms with van der Waals surface area (Å²) in [5, 5.41) is 0. The van der Waals surface area contributed by atoms with Gasteiger partial charge in [-0.15, -0.1) is 0 Å². The second-order valence-electron chi connectivity index (χ2n) is 8.12. The summed E-state index contributed by atoms with van der Waals surface area (Å²) in [5.41, 5.74) is 1.75. The number of methoxy groups -OCH3 is 2. The molecular formula is C24H29N3O4. The monoisotopic (exact) mass is 423 g/mol. The molecule has 2 fully saturated rings. The minimum Gasteiger partial charge on any atom is -0.497 e. The second kappa shape index (κ2) is 9.37. The maximum absolute atomic E-state index is 13.6. The third kappa shape index (κ3) is 4.36. The third-order valence-corrected chi connectivity index (χ3v) is 6.28. The lowest BCUT2D eigenvalue weighted by molar-refractivity contribution is -0.138. The number of anilines is 1. The van der Waals surface area contributed by atoms with Gasteiger partial charge < -0.3 is 19.3 Å². The van der Waals surface area contributed by atoms with E-state index in [4.69, 9.17) is 9.47 Å². The van der Waals surface area contributed by atoms with Crippen LogP contribution in [0.2, 0.25) is 0 Å². The molecule has 0 spiro atoms. The van der Waals surface area contributed by atoms with Crippen molar-refractivity contribution < 1.29 is 19.1 Å². The summed E-state index contributed by atoms with van der Waals surface area (Å²) in [5.74, 6) is 0.850. The minimum atomic E-state index is -0.370. The Bertz CT molecular complexity index is 934. The van der Waals surface area contributed by atoms with E-state index in [0.29, 0.717) is 23.7 Å². The molecule has 2 saturated heterocycles. The number of carbonyl (C=O) groups is 2. The van der Waals surface area contributed by atoms with Crippen LogP contribution in [-0.2, 0) is 9.59 Å². The van der Waals surface area contributed by atoms with Gasteiger partial charge in [0, 0.05) is 38.0 Å². The zero-order chi connectivity index (χ0) is 21.8. The van der Waals surface area contributed by atoms with Crippen molar-refractivity contribution in [3.8, 4) is 11.5 Å². The van der Waals surface area contributed by atoms with E-state index < -0.39 is 0 Å². The first-order valence-electron chi connectivity index (χ1n) is 10.8. The van der Waals surface area contributed by atoms with E-state index in [-0.39, 0.29) is 30.2 Å². The van der Waals surface area contributed by atoms with Crippen molar-refractivity contribution in [2.75, 3.05) is 32.2 Å². The zero-order valence-electron chi connectivity index (χ0n) is 18.1. The van der Waals surface area contributed by atoms with Gasteiger partial charge in [-0.2, -0.15) is 0 Å². The number of hydrogen-bond acceptors (Lipinski definition) is 5. The molecule has 7 nitrogen and oxygen atoms in total. The normalized spacial score (nSPS) is 21.7. The Labute approximate surface area is 183 Å². The standard InChI is InChI=1S/C24H29N3O4/c1-30-19-7-8-22(31-2)21(15-19)27-16-18(14-23(27)28)24(29)26-13-5-3-4-6-20(26)17-9-11-25-12-10-17/h7-12,15,18,20H,3-6,13-14,16H2,1-2H3. The Hall–Kier alpha value is -3.09. The van der Waals surface area contributed by atoms with Gasteiger partial charge in [0.15, 0.2) is 0 Å². The number of aromatic nitrogens is 1. The third-order valence-electron chi connectivity index (χ3n) is 6.28. The lowest BCUT2D eigenvalue weighted by Gasteiger charge is -2.32. The predicted octanol–water partition coefficient (Wildman–Crippen LogP) is 3.60. The SMILES string of the molecule is COc1ccc(OC)c(N2CC(C(=O)N3CCCCCC3c3ccncc3)CC2=O)c1. The van der Waals surface area contributed by atoms with Crippen molar-refractivity contribution in [3.63, 3.8) is 0 Å². The predicted molar refractivity (Wildman–Crippen MR) is 117 cm³/mol. The van der Waals surface area contributed by atoms with Crippen molar-refractivity contribution in [3.05, 3.63) is 48.3 Å². The zero-order valence-corrected chi connectivity index (χ0v) is 18.1. The molecule has 2 aliphatic heterocycles. The number of rotatable bonds is 5. The molecule has 2 aliphatic rings. The van der Waals surface area contributed by atoms with Crippen LogP contribution in [0.1, 0.15) is 43.7 Å². The summed E-state index contributed by atoms with van der Waals surface area (Å²) >= 11 is 0. The van der Waals surface area contributed by atoms with E-state index in [9.17, 15) is 9.59 Å². The first kappa shape index (κ1) is 21.2. The number of carbonyl (C=O) groups excluding carboxylic acids is 2. The smallest absolute Gasteiger partial charge is 0.228 e. The van der Waals surface area contributed by atoms with Crippen molar-refractivity contribution in [2.24, 2.45) is 5.92 Å².